The lowest BCUT2D eigenvalue weighted by Crippen LogP contribution is -2.21. The van der Waals surface area contributed by atoms with E-state index < -0.39 is 17.8 Å². The predicted molar refractivity (Wildman–Crippen MR) is 164 cm³/mol. The number of rotatable bonds is 15. The van der Waals surface area contributed by atoms with E-state index in [0.29, 0.717) is 61.3 Å². The number of aromatic nitrogens is 7. The first-order chi connectivity index (χ1) is 21.1. The number of esters is 2. The van der Waals surface area contributed by atoms with E-state index in [4.69, 9.17) is 16.0 Å². The molecule has 3 aromatic heterocycles. The molecule has 1 N–H and O–H groups in total. The Morgan fingerprint density at radius 1 is 0.864 bits per heavy atom. The number of nitrogens with zero attached hydrogens (tertiary/aromatic N) is 7. The van der Waals surface area contributed by atoms with Gasteiger partial charge >= 0.3 is 11.9 Å². The van der Waals surface area contributed by atoms with E-state index in [-0.39, 0.29) is 35.8 Å². The summed E-state index contributed by atoms with van der Waals surface area (Å²) in [4.78, 5) is 30.6. The number of pyridine rings is 1. The fourth-order valence-electron chi connectivity index (χ4n) is 4.77. The van der Waals surface area contributed by atoms with Crippen LogP contribution in [0.3, 0.4) is 0 Å². The standard InChI is InChI=1S/C32H49N7O5/c1-10-22(12-25-15-38(36-34-25)19-31(4,5)6)29(41)43-17-24-14-33-21(3)28(40)27(24)18-44-30(42)23(11-2)13-26-16-39(37-35-26)20-32(7,8)9/h14-16,22-23,40H,10-13,17-20H2,1-9H3/i/hD. The SMILES string of the molecule is [2H]Oc1c(C)ncc(COC(=O)C(CC)Cc2cn(CC(C)(C)C)nn2)c1COC(=O)C(CC)Cc1cn(CC(C)(C)C)nn1. The summed E-state index contributed by atoms with van der Waals surface area (Å²) in [6, 6.07) is 0. The van der Waals surface area contributed by atoms with E-state index in [2.05, 4.69) is 67.2 Å². The van der Waals surface area contributed by atoms with Crippen LogP contribution in [0.1, 0.15) is 96.4 Å². The molecule has 2 unspecified atom stereocenters. The highest BCUT2D eigenvalue weighted by Crippen LogP contribution is 2.27. The van der Waals surface area contributed by atoms with Gasteiger partial charge in [-0.2, -0.15) is 0 Å². The topological polar surface area (TPSA) is 147 Å². The van der Waals surface area contributed by atoms with Gasteiger partial charge < -0.3 is 14.6 Å². The number of aryl methyl sites for hydroxylation is 1. The Morgan fingerprint density at radius 3 is 1.77 bits per heavy atom. The maximum absolute atomic E-state index is 13.2. The molecule has 2 atom stereocenters. The molecular formula is C32H49N7O5. The predicted octanol–water partition coefficient (Wildman–Crippen LogP) is 5.00. The Morgan fingerprint density at radius 2 is 1.34 bits per heavy atom. The number of hydrogen-bond donors (Lipinski definition) is 1. The lowest BCUT2D eigenvalue weighted by atomic mass is 9.97. The van der Waals surface area contributed by atoms with E-state index in [1.54, 1.807) is 22.5 Å². The average molecular weight is 613 g/mol. The van der Waals surface area contributed by atoms with Crippen molar-refractivity contribution in [3.05, 3.63) is 46.8 Å². The molecule has 0 bridgehead atoms. The zero-order valence-corrected chi connectivity index (χ0v) is 27.7. The fourth-order valence-corrected chi connectivity index (χ4v) is 4.77. The molecule has 0 saturated carbocycles. The molecule has 0 saturated heterocycles. The van der Waals surface area contributed by atoms with Crippen molar-refractivity contribution in [1.82, 2.24) is 35.0 Å². The number of ether oxygens (including phenoxy) is 2. The maximum atomic E-state index is 13.2. The van der Waals surface area contributed by atoms with Crippen LogP contribution in [0.25, 0.3) is 0 Å². The van der Waals surface area contributed by atoms with Gasteiger partial charge in [0.15, 0.2) is 0 Å². The van der Waals surface area contributed by atoms with Gasteiger partial charge in [-0.1, -0.05) is 65.8 Å². The van der Waals surface area contributed by atoms with E-state index in [0.717, 1.165) is 5.69 Å². The molecule has 0 aliphatic carbocycles. The highest BCUT2D eigenvalue weighted by molar-refractivity contribution is 5.73. The summed E-state index contributed by atoms with van der Waals surface area (Å²) in [5.41, 5.74) is 2.92. The first kappa shape index (κ1) is 33.1. The Balaban J connectivity index is 1.66. The minimum atomic E-state index is -0.430. The molecule has 0 amide bonds. The lowest BCUT2D eigenvalue weighted by Gasteiger charge is -2.18. The van der Waals surface area contributed by atoms with Crippen molar-refractivity contribution in [1.29, 1.82) is 1.43 Å². The molecule has 3 rings (SSSR count). The van der Waals surface area contributed by atoms with Crippen LogP contribution in [0.2, 0.25) is 0 Å². The Hall–Kier alpha value is -3.83. The van der Waals surface area contributed by atoms with Crippen molar-refractivity contribution in [2.24, 2.45) is 22.7 Å². The van der Waals surface area contributed by atoms with Gasteiger partial charge in [0.2, 0.25) is 0 Å². The number of aromatic hydroxyl groups is 1. The summed E-state index contributed by atoms with van der Waals surface area (Å²) in [6.45, 7) is 19.4. The first-order valence-corrected chi connectivity index (χ1v) is 15.3. The first-order valence-electron chi connectivity index (χ1n) is 15.7. The number of hydrogen-bond acceptors (Lipinski definition) is 10. The zero-order valence-electron chi connectivity index (χ0n) is 28.7. The van der Waals surface area contributed by atoms with Crippen LogP contribution in [-0.4, -0.2) is 53.5 Å². The minimum Gasteiger partial charge on any atom is -0.506 e. The van der Waals surface area contributed by atoms with Crippen molar-refractivity contribution in [3.8, 4) is 5.75 Å². The van der Waals surface area contributed by atoms with Crippen LogP contribution in [0.4, 0.5) is 0 Å². The van der Waals surface area contributed by atoms with E-state index in [1.807, 2.05) is 26.2 Å². The van der Waals surface area contributed by atoms with Gasteiger partial charge in [0.05, 0.1) is 28.9 Å². The van der Waals surface area contributed by atoms with E-state index in [9.17, 15) is 9.59 Å². The van der Waals surface area contributed by atoms with Gasteiger partial charge in [-0.25, -0.2) is 0 Å². The monoisotopic (exact) mass is 612 g/mol. The molecular weight excluding hydrogens is 562 g/mol. The highest BCUT2D eigenvalue weighted by Gasteiger charge is 2.25. The van der Waals surface area contributed by atoms with Crippen molar-refractivity contribution in [2.75, 3.05) is 0 Å². The molecule has 44 heavy (non-hydrogen) atoms. The molecule has 242 valence electrons. The molecule has 3 heterocycles. The third-order valence-corrected chi connectivity index (χ3v) is 7.14. The minimum absolute atomic E-state index is 0.0469. The second kappa shape index (κ2) is 14.8. The number of carbonyl (C=O) groups is 2. The van der Waals surface area contributed by atoms with Crippen LogP contribution in [-0.2, 0) is 58.2 Å². The fraction of sp³-hybridized carbons (Fsp3) is 0.656. The summed E-state index contributed by atoms with van der Waals surface area (Å²) in [7, 11) is 0. The summed E-state index contributed by atoms with van der Waals surface area (Å²) in [5, 5.41) is 21.8. The number of carbonyl (C=O) groups excluding carboxylic acids is 2. The second-order valence-corrected chi connectivity index (χ2v) is 13.9. The Bertz CT molecular complexity index is 1420. The zero-order chi connectivity index (χ0) is 33.4. The molecule has 0 fully saturated rings. The normalized spacial score (nSPS) is 13.7. The van der Waals surface area contributed by atoms with Crippen LogP contribution >= 0.6 is 0 Å². The van der Waals surface area contributed by atoms with Crippen LogP contribution < -0.4 is 0 Å². The van der Waals surface area contributed by atoms with Gasteiger partial charge in [-0.15, -0.1) is 10.2 Å². The van der Waals surface area contributed by atoms with Crippen LogP contribution in [0.5, 0.6) is 5.75 Å². The van der Waals surface area contributed by atoms with Crippen LogP contribution in [0, 0.1) is 29.6 Å². The summed E-state index contributed by atoms with van der Waals surface area (Å²) in [6.07, 6.45) is 7.19. The van der Waals surface area contributed by atoms with Gasteiger partial charge in [-0.3, -0.25) is 23.9 Å². The molecule has 0 aromatic carbocycles. The summed E-state index contributed by atoms with van der Waals surface area (Å²) < 4.78 is 22.6. The van der Waals surface area contributed by atoms with Crippen molar-refractivity contribution in [3.63, 3.8) is 0 Å². The molecule has 0 aliphatic rings. The Kier molecular flexibility index (Phi) is 11.1. The van der Waals surface area contributed by atoms with Gasteiger partial charge in [0.25, 0.3) is 1.43 Å². The summed E-state index contributed by atoms with van der Waals surface area (Å²) in [5.74, 6) is -1.46. The third-order valence-electron chi connectivity index (χ3n) is 7.14. The van der Waals surface area contributed by atoms with Gasteiger partial charge in [0, 0.05) is 55.6 Å². The third kappa shape index (κ3) is 10.4. The molecule has 12 nitrogen and oxygen atoms in total. The van der Waals surface area contributed by atoms with Crippen LogP contribution in [0.15, 0.2) is 18.6 Å². The lowest BCUT2D eigenvalue weighted by molar-refractivity contribution is -0.151. The van der Waals surface area contributed by atoms with Gasteiger partial charge in [0.1, 0.15) is 19.0 Å². The molecule has 12 heteroatoms. The average Bonchev–Trinajstić information content (AvgIpc) is 3.58. The smallest absolute Gasteiger partial charge is 0.309 e. The summed E-state index contributed by atoms with van der Waals surface area (Å²) >= 11 is 0. The molecule has 3 aromatic rings. The second-order valence-electron chi connectivity index (χ2n) is 13.9. The van der Waals surface area contributed by atoms with Crippen molar-refractivity contribution in [2.45, 2.75) is 114 Å². The van der Waals surface area contributed by atoms with Gasteiger partial charge in [-0.05, 0) is 30.6 Å². The van der Waals surface area contributed by atoms with E-state index in [1.165, 1.54) is 0 Å². The Labute approximate surface area is 262 Å². The largest absolute Gasteiger partial charge is 0.506 e. The molecule has 0 spiro atoms. The highest BCUT2D eigenvalue weighted by atomic mass is 16.5. The van der Waals surface area contributed by atoms with Crippen molar-refractivity contribution < 1.29 is 24.2 Å². The van der Waals surface area contributed by atoms with Crippen molar-refractivity contribution >= 4 is 11.9 Å². The molecule has 0 aliphatic heterocycles. The molecule has 0 radical (unpaired) electrons. The van der Waals surface area contributed by atoms with E-state index >= 15 is 0 Å². The maximum Gasteiger partial charge on any atom is 0.309 e. The quantitative estimate of drug-likeness (QED) is 0.233.